The molecule has 1 aliphatic rings. The van der Waals surface area contributed by atoms with E-state index in [0.717, 1.165) is 6.54 Å². The van der Waals surface area contributed by atoms with Crippen LogP contribution < -0.4 is 5.32 Å². The molecule has 104 valence electrons. The Morgan fingerprint density at radius 2 is 1.89 bits per heavy atom. The maximum absolute atomic E-state index is 12.1. The Labute approximate surface area is 116 Å². The number of hydrogen-bond donors (Lipinski definition) is 1. The summed E-state index contributed by atoms with van der Waals surface area (Å²) in [6.45, 7) is 1.19. The fraction of sp³-hybridized carbons (Fsp3) is 0.562. The van der Waals surface area contributed by atoms with Crippen LogP contribution in [0.5, 0.6) is 0 Å². The first-order valence-electron chi connectivity index (χ1n) is 7.27. The van der Waals surface area contributed by atoms with Crippen LogP contribution in [0.2, 0.25) is 0 Å². The molecule has 1 saturated carbocycles. The first-order valence-corrected chi connectivity index (χ1v) is 7.27. The number of amides is 1. The molecule has 1 fully saturated rings. The highest BCUT2D eigenvalue weighted by atomic mass is 16.2. The van der Waals surface area contributed by atoms with Gasteiger partial charge < -0.3 is 10.2 Å². The number of likely N-dealkylation sites (N-methyl/N-ethyl adjacent to an activating group) is 1. The molecule has 3 nitrogen and oxygen atoms in total. The molecule has 3 heteroatoms. The second kappa shape index (κ2) is 7.29. The van der Waals surface area contributed by atoms with Crippen molar-refractivity contribution in [3.8, 4) is 0 Å². The van der Waals surface area contributed by atoms with E-state index in [4.69, 9.17) is 0 Å². The van der Waals surface area contributed by atoms with E-state index in [1.54, 1.807) is 0 Å². The van der Waals surface area contributed by atoms with E-state index in [1.807, 2.05) is 30.1 Å². The van der Waals surface area contributed by atoms with E-state index >= 15 is 0 Å². The van der Waals surface area contributed by atoms with Crippen molar-refractivity contribution in [3.63, 3.8) is 0 Å². The number of benzene rings is 1. The lowest BCUT2D eigenvalue weighted by Crippen LogP contribution is -2.42. The van der Waals surface area contributed by atoms with Gasteiger partial charge in [0.2, 0.25) is 5.91 Å². The van der Waals surface area contributed by atoms with Gasteiger partial charge in [-0.2, -0.15) is 0 Å². The van der Waals surface area contributed by atoms with Crippen LogP contribution in [0.4, 0.5) is 0 Å². The normalized spacial score (nSPS) is 16.3. The summed E-state index contributed by atoms with van der Waals surface area (Å²) >= 11 is 0. The zero-order valence-electron chi connectivity index (χ0n) is 11.8. The van der Waals surface area contributed by atoms with Crippen molar-refractivity contribution in [2.75, 3.05) is 13.6 Å². The van der Waals surface area contributed by atoms with Crippen LogP contribution in [0.15, 0.2) is 30.3 Å². The summed E-state index contributed by atoms with van der Waals surface area (Å²) in [4.78, 5) is 14.0. The second-order valence-electron chi connectivity index (χ2n) is 5.39. The number of nitrogens with one attached hydrogen (secondary N) is 1. The van der Waals surface area contributed by atoms with Gasteiger partial charge in [-0.05, 0) is 18.4 Å². The summed E-state index contributed by atoms with van der Waals surface area (Å²) in [5.74, 6) is 0.211. The van der Waals surface area contributed by atoms with Gasteiger partial charge in [-0.25, -0.2) is 0 Å². The molecule has 1 N–H and O–H groups in total. The van der Waals surface area contributed by atoms with Crippen LogP contribution >= 0.6 is 0 Å². The number of hydrogen-bond acceptors (Lipinski definition) is 2. The monoisotopic (exact) mass is 260 g/mol. The minimum absolute atomic E-state index is 0.211. The van der Waals surface area contributed by atoms with E-state index < -0.39 is 0 Å². The Kier molecular flexibility index (Phi) is 5.40. The van der Waals surface area contributed by atoms with E-state index in [9.17, 15) is 4.79 Å². The average molecular weight is 260 g/mol. The van der Waals surface area contributed by atoms with Crippen LogP contribution in [0.1, 0.15) is 37.7 Å². The molecular weight excluding hydrogens is 236 g/mol. The summed E-state index contributed by atoms with van der Waals surface area (Å²) < 4.78 is 0. The fourth-order valence-corrected chi connectivity index (χ4v) is 2.71. The molecule has 1 amide bonds. The molecule has 0 radical (unpaired) electrons. The molecule has 0 aromatic heterocycles. The first-order chi connectivity index (χ1) is 9.27. The Bertz CT molecular complexity index is 385. The van der Waals surface area contributed by atoms with Crippen LogP contribution in [0.25, 0.3) is 0 Å². The molecular formula is C16H24N2O. The van der Waals surface area contributed by atoms with Crippen molar-refractivity contribution in [1.82, 2.24) is 10.2 Å². The lowest BCUT2D eigenvalue weighted by Gasteiger charge is -2.31. The predicted molar refractivity (Wildman–Crippen MR) is 77.8 cm³/mol. The number of rotatable bonds is 5. The van der Waals surface area contributed by atoms with Crippen molar-refractivity contribution < 1.29 is 4.79 Å². The molecule has 0 bridgehead atoms. The first kappa shape index (κ1) is 14.1. The summed E-state index contributed by atoms with van der Waals surface area (Å²) in [5, 5.41) is 3.23. The lowest BCUT2D eigenvalue weighted by atomic mass is 9.94. The van der Waals surface area contributed by atoms with Crippen LogP contribution in [-0.2, 0) is 11.3 Å². The average Bonchev–Trinajstić information content (AvgIpc) is 2.48. The third-order valence-electron chi connectivity index (χ3n) is 3.96. The summed E-state index contributed by atoms with van der Waals surface area (Å²) in [6.07, 6.45) is 6.19. The van der Waals surface area contributed by atoms with Gasteiger partial charge in [0.15, 0.2) is 0 Å². The third kappa shape index (κ3) is 4.35. The molecule has 0 aliphatic heterocycles. The molecule has 0 heterocycles. The zero-order valence-corrected chi connectivity index (χ0v) is 11.8. The van der Waals surface area contributed by atoms with Gasteiger partial charge in [0, 0.05) is 19.6 Å². The number of nitrogens with zero attached hydrogens (tertiary/aromatic N) is 1. The maximum atomic E-state index is 12.1. The van der Waals surface area contributed by atoms with Gasteiger partial charge in [-0.1, -0.05) is 49.6 Å². The highest BCUT2D eigenvalue weighted by molar-refractivity contribution is 5.78. The molecule has 1 aliphatic carbocycles. The molecule has 0 spiro atoms. The third-order valence-corrected chi connectivity index (χ3v) is 3.96. The van der Waals surface area contributed by atoms with E-state index in [2.05, 4.69) is 17.4 Å². The zero-order chi connectivity index (χ0) is 13.5. The summed E-state index contributed by atoms with van der Waals surface area (Å²) in [5.41, 5.74) is 1.22. The molecule has 0 atom stereocenters. The number of carbonyl (C=O) groups is 1. The van der Waals surface area contributed by atoms with E-state index in [-0.39, 0.29) is 5.91 Å². The van der Waals surface area contributed by atoms with Crippen LogP contribution in [-0.4, -0.2) is 30.4 Å². The largest absolute Gasteiger partial charge is 0.342 e. The van der Waals surface area contributed by atoms with Gasteiger partial charge in [0.25, 0.3) is 0 Å². The van der Waals surface area contributed by atoms with Crippen molar-refractivity contribution in [2.24, 2.45) is 0 Å². The Morgan fingerprint density at radius 3 is 2.58 bits per heavy atom. The highest BCUT2D eigenvalue weighted by Gasteiger charge is 2.21. The number of carbonyl (C=O) groups excluding carboxylic acids is 1. The van der Waals surface area contributed by atoms with Crippen molar-refractivity contribution >= 4 is 5.91 Å². The highest BCUT2D eigenvalue weighted by Crippen LogP contribution is 2.21. The Hall–Kier alpha value is -1.35. The molecule has 2 rings (SSSR count). The maximum Gasteiger partial charge on any atom is 0.236 e. The van der Waals surface area contributed by atoms with Gasteiger partial charge in [0.05, 0.1) is 6.54 Å². The van der Waals surface area contributed by atoms with Crippen LogP contribution in [0, 0.1) is 0 Å². The second-order valence-corrected chi connectivity index (χ2v) is 5.39. The molecule has 19 heavy (non-hydrogen) atoms. The standard InChI is InChI=1S/C16H24N2O/c1-18(15-10-6-3-7-11-15)16(19)13-17-12-14-8-4-2-5-9-14/h2,4-5,8-9,15,17H,3,6-7,10-13H2,1H3. The molecule has 1 aromatic rings. The molecule has 1 aromatic carbocycles. The Balaban J connectivity index is 1.71. The summed E-state index contributed by atoms with van der Waals surface area (Å²) in [7, 11) is 1.95. The van der Waals surface area contributed by atoms with Gasteiger partial charge in [-0.3, -0.25) is 4.79 Å². The topological polar surface area (TPSA) is 32.3 Å². The van der Waals surface area contributed by atoms with Crippen molar-refractivity contribution in [3.05, 3.63) is 35.9 Å². The van der Waals surface area contributed by atoms with Crippen molar-refractivity contribution in [2.45, 2.75) is 44.7 Å². The van der Waals surface area contributed by atoms with Crippen molar-refractivity contribution in [1.29, 1.82) is 0 Å². The Morgan fingerprint density at radius 1 is 1.21 bits per heavy atom. The SMILES string of the molecule is CN(C(=O)CNCc1ccccc1)C1CCCCC1. The predicted octanol–water partition coefficient (Wildman–Crippen LogP) is 2.57. The van der Waals surface area contributed by atoms with Crippen LogP contribution in [0.3, 0.4) is 0 Å². The van der Waals surface area contributed by atoms with Gasteiger partial charge >= 0.3 is 0 Å². The molecule has 0 saturated heterocycles. The minimum Gasteiger partial charge on any atom is -0.342 e. The van der Waals surface area contributed by atoms with Gasteiger partial charge in [-0.15, -0.1) is 0 Å². The smallest absolute Gasteiger partial charge is 0.236 e. The van der Waals surface area contributed by atoms with E-state index in [0.29, 0.717) is 12.6 Å². The summed E-state index contributed by atoms with van der Waals surface area (Å²) in [6, 6.07) is 10.6. The lowest BCUT2D eigenvalue weighted by molar-refractivity contribution is -0.131. The molecule has 0 unspecified atom stereocenters. The quantitative estimate of drug-likeness (QED) is 0.882. The van der Waals surface area contributed by atoms with E-state index in [1.165, 1.54) is 37.7 Å². The minimum atomic E-state index is 0.211. The fourth-order valence-electron chi connectivity index (χ4n) is 2.71. The van der Waals surface area contributed by atoms with Gasteiger partial charge in [0.1, 0.15) is 0 Å².